The number of halogens is 1. The summed E-state index contributed by atoms with van der Waals surface area (Å²) in [5.74, 6) is 1.60. The quantitative estimate of drug-likeness (QED) is 0.553. The van der Waals surface area contributed by atoms with Gasteiger partial charge in [-0.15, -0.1) is 0 Å². The predicted octanol–water partition coefficient (Wildman–Crippen LogP) is 4.34. The van der Waals surface area contributed by atoms with Gasteiger partial charge in [0.05, 0.1) is 0 Å². The minimum atomic E-state index is -0.565. The van der Waals surface area contributed by atoms with Crippen LogP contribution in [0.3, 0.4) is 0 Å². The number of hydrogen-bond donors (Lipinski definition) is 1. The summed E-state index contributed by atoms with van der Waals surface area (Å²) in [7, 11) is 0. The van der Waals surface area contributed by atoms with Gasteiger partial charge < -0.3 is 19.7 Å². The molecule has 0 fully saturated rings. The normalized spacial score (nSPS) is 13.5. The third kappa shape index (κ3) is 6.73. The van der Waals surface area contributed by atoms with Crippen molar-refractivity contribution in [3.8, 4) is 11.5 Å². The van der Waals surface area contributed by atoms with Crippen molar-refractivity contribution < 1.29 is 19.1 Å². The minimum absolute atomic E-state index is 0.0602. The van der Waals surface area contributed by atoms with E-state index in [-0.39, 0.29) is 11.8 Å². The molecule has 6 nitrogen and oxygen atoms in total. The Labute approximate surface area is 198 Å². The molecule has 7 heteroatoms. The van der Waals surface area contributed by atoms with Crippen LogP contribution in [0, 0.1) is 5.92 Å². The van der Waals surface area contributed by atoms with Gasteiger partial charge in [-0.3, -0.25) is 9.59 Å². The fourth-order valence-electron chi connectivity index (χ4n) is 3.46. The van der Waals surface area contributed by atoms with E-state index in [0.717, 1.165) is 21.3 Å². The van der Waals surface area contributed by atoms with E-state index in [9.17, 15) is 9.59 Å². The molecule has 1 heterocycles. The van der Waals surface area contributed by atoms with Crippen LogP contribution in [0.1, 0.15) is 38.3 Å². The molecule has 0 saturated heterocycles. The average molecular weight is 503 g/mol. The summed E-state index contributed by atoms with van der Waals surface area (Å²) in [5.41, 5.74) is 1.98. The van der Waals surface area contributed by atoms with Crippen LogP contribution >= 0.6 is 15.9 Å². The fourth-order valence-corrected chi connectivity index (χ4v) is 3.72. The number of carbonyl (C=O) groups is 2. The zero-order chi connectivity index (χ0) is 23.1. The number of hydrogen-bond acceptors (Lipinski definition) is 4. The largest absolute Gasteiger partial charge is 0.486 e. The summed E-state index contributed by atoms with van der Waals surface area (Å²) >= 11 is 3.44. The summed E-state index contributed by atoms with van der Waals surface area (Å²) in [6.45, 7) is 7.92. The van der Waals surface area contributed by atoms with Crippen LogP contribution in [-0.4, -0.2) is 42.5 Å². The Morgan fingerprint density at radius 2 is 1.66 bits per heavy atom. The molecule has 1 aliphatic rings. The lowest BCUT2D eigenvalue weighted by Crippen LogP contribution is -2.48. The molecule has 0 saturated carbocycles. The first-order chi connectivity index (χ1) is 15.3. The molecule has 32 heavy (non-hydrogen) atoms. The molecule has 3 rings (SSSR count). The molecule has 0 spiro atoms. The summed E-state index contributed by atoms with van der Waals surface area (Å²) in [6.07, 6.45) is 0.866. The average Bonchev–Trinajstić information content (AvgIpc) is 2.80. The van der Waals surface area contributed by atoms with Crippen molar-refractivity contribution in [2.24, 2.45) is 5.92 Å². The minimum Gasteiger partial charge on any atom is -0.486 e. The Hall–Kier alpha value is -2.54. The van der Waals surface area contributed by atoms with Crippen molar-refractivity contribution in [1.29, 1.82) is 0 Å². The van der Waals surface area contributed by atoms with Crippen molar-refractivity contribution >= 4 is 27.7 Å². The first-order valence-electron chi connectivity index (χ1n) is 11.0. The third-order valence-corrected chi connectivity index (χ3v) is 5.88. The van der Waals surface area contributed by atoms with E-state index in [1.807, 2.05) is 56.3 Å². The molecule has 2 aromatic carbocycles. The number of amides is 2. The Morgan fingerprint density at radius 3 is 2.34 bits per heavy atom. The van der Waals surface area contributed by atoms with Gasteiger partial charge in [-0.05, 0) is 54.7 Å². The maximum Gasteiger partial charge on any atom is 0.242 e. The van der Waals surface area contributed by atoms with Gasteiger partial charge in [0.1, 0.15) is 19.3 Å². The number of ether oxygens (including phenoxy) is 2. The van der Waals surface area contributed by atoms with Crippen LogP contribution in [-0.2, 0) is 22.6 Å². The molecule has 1 atom stereocenters. The smallest absolute Gasteiger partial charge is 0.242 e. The van der Waals surface area contributed by atoms with Crippen molar-refractivity contribution in [2.75, 3.05) is 19.8 Å². The second-order valence-electron chi connectivity index (χ2n) is 8.44. The Morgan fingerprint density at radius 1 is 1.00 bits per heavy atom. The number of aryl methyl sites for hydroxylation is 1. The molecule has 1 N–H and O–H groups in total. The first kappa shape index (κ1) is 24.1. The number of nitrogens with one attached hydrogen (secondary N) is 1. The van der Waals surface area contributed by atoms with Gasteiger partial charge in [0, 0.05) is 24.0 Å². The van der Waals surface area contributed by atoms with Crippen LogP contribution < -0.4 is 14.8 Å². The van der Waals surface area contributed by atoms with Crippen molar-refractivity contribution in [2.45, 2.75) is 46.2 Å². The highest BCUT2D eigenvalue weighted by atomic mass is 79.9. The molecule has 2 aromatic rings. The second kappa shape index (κ2) is 11.4. The van der Waals surface area contributed by atoms with Gasteiger partial charge >= 0.3 is 0 Å². The Bertz CT molecular complexity index is 930. The SMILES string of the molecule is CC(C)CNC(=O)C(C)N(Cc1ccc(Br)cc1)C(=O)CCc1ccc2c(c1)OCCO2. The van der Waals surface area contributed by atoms with E-state index in [0.29, 0.717) is 50.8 Å². The lowest BCUT2D eigenvalue weighted by Gasteiger charge is -2.29. The molecule has 0 bridgehead atoms. The molecule has 0 aliphatic carbocycles. The molecular formula is C25H31BrN2O4. The van der Waals surface area contributed by atoms with Crippen molar-refractivity contribution in [3.63, 3.8) is 0 Å². The molecule has 1 unspecified atom stereocenters. The molecule has 172 valence electrons. The summed E-state index contributed by atoms with van der Waals surface area (Å²) in [4.78, 5) is 27.6. The maximum atomic E-state index is 13.2. The summed E-state index contributed by atoms with van der Waals surface area (Å²) < 4.78 is 12.2. The van der Waals surface area contributed by atoms with E-state index < -0.39 is 6.04 Å². The van der Waals surface area contributed by atoms with Gasteiger partial charge in [-0.1, -0.05) is 48.0 Å². The highest BCUT2D eigenvalue weighted by Crippen LogP contribution is 2.31. The van der Waals surface area contributed by atoms with E-state index in [2.05, 4.69) is 21.2 Å². The van der Waals surface area contributed by atoms with Gasteiger partial charge in [0.15, 0.2) is 11.5 Å². The van der Waals surface area contributed by atoms with Gasteiger partial charge in [0.2, 0.25) is 11.8 Å². The number of carbonyl (C=O) groups excluding carboxylic acids is 2. The van der Waals surface area contributed by atoms with Gasteiger partial charge in [-0.25, -0.2) is 0 Å². The topological polar surface area (TPSA) is 67.9 Å². The third-order valence-electron chi connectivity index (χ3n) is 5.35. The second-order valence-corrected chi connectivity index (χ2v) is 9.36. The fraction of sp³-hybridized carbons (Fsp3) is 0.440. The van der Waals surface area contributed by atoms with E-state index in [4.69, 9.17) is 9.47 Å². The van der Waals surface area contributed by atoms with Crippen LogP contribution in [0.5, 0.6) is 11.5 Å². The summed E-state index contributed by atoms with van der Waals surface area (Å²) in [6, 6.07) is 13.0. The number of nitrogens with zero attached hydrogens (tertiary/aromatic N) is 1. The maximum absolute atomic E-state index is 13.2. The summed E-state index contributed by atoms with van der Waals surface area (Å²) in [5, 5.41) is 2.95. The highest BCUT2D eigenvalue weighted by molar-refractivity contribution is 9.10. The van der Waals surface area contributed by atoms with E-state index in [1.165, 1.54) is 0 Å². The van der Waals surface area contributed by atoms with Crippen LogP contribution in [0.25, 0.3) is 0 Å². The first-order valence-corrected chi connectivity index (χ1v) is 11.8. The molecular weight excluding hydrogens is 472 g/mol. The van der Waals surface area contributed by atoms with Crippen LogP contribution in [0.15, 0.2) is 46.9 Å². The lowest BCUT2D eigenvalue weighted by molar-refractivity contribution is -0.140. The zero-order valence-corrected chi connectivity index (χ0v) is 20.5. The molecule has 2 amide bonds. The van der Waals surface area contributed by atoms with E-state index >= 15 is 0 Å². The number of fused-ring (bicyclic) bond motifs is 1. The number of rotatable bonds is 9. The Balaban J connectivity index is 1.70. The van der Waals surface area contributed by atoms with Crippen molar-refractivity contribution in [1.82, 2.24) is 10.2 Å². The van der Waals surface area contributed by atoms with Crippen LogP contribution in [0.2, 0.25) is 0 Å². The molecule has 0 aromatic heterocycles. The number of benzene rings is 2. The predicted molar refractivity (Wildman–Crippen MR) is 128 cm³/mol. The van der Waals surface area contributed by atoms with Crippen LogP contribution in [0.4, 0.5) is 0 Å². The lowest BCUT2D eigenvalue weighted by atomic mass is 10.1. The van der Waals surface area contributed by atoms with Gasteiger partial charge in [0.25, 0.3) is 0 Å². The standard InChI is InChI=1S/C25H31BrN2O4/c1-17(2)15-27-25(30)18(3)28(16-20-4-8-21(26)9-5-20)24(29)11-7-19-6-10-22-23(14-19)32-13-12-31-22/h4-6,8-10,14,17-18H,7,11-13,15-16H2,1-3H3,(H,27,30). The monoisotopic (exact) mass is 502 g/mol. The highest BCUT2D eigenvalue weighted by Gasteiger charge is 2.26. The van der Waals surface area contributed by atoms with Gasteiger partial charge in [-0.2, -0.15) is 0 Å². The van der Waals surface area contributed by atoms with Crippen molar-refractivity contribution in [3.05, 3.63) is 58.1 Å². The van der Waals surface area contributed by atoms with E-state index in [1.54, 1.807) is 11.8 Å². The molecule has 0 radical (unpaired) electrons. The molecule has 1 aliphatic heterocycles. The zero-order valence-electron chi connectivity index (χ0n) is 18.9. The Kier molecular flexibility index (Phi) is 8.56.